The summed E-state index contributed by atoms with van der Waals surface area (Å²) in [5, 5.41) is 9.78. The van der Waals surface area contributed by atoms with Crippen LogP contribution in [0.5, 0.6) is 0 Å². The lowest BCUT2D eigenvalue weighted by molar-refractivity contribution is -0.134. The molecule has 1 N–H and O–H groups in total. The zero-order chi connectivity index (χ0) is 18.2. The van der Waals surface area contributed by atoms with E-state index in [0.29, 0.717) is 18.7 Å². The molecule has 2 heterocycles. The zero-order valence-corrected chi connectivity index (χ0v) is 14.9. The molecule has 0 bridgehead atoms. The summed E-state index contributed by atoms with van der Waals surface area (Å²) in [6.07, 6.45) is 2.57. The number of aliphatic hydroxyl groups excluding tert-OH is 1. The summed E-state index contributed by atoms with van der Waals surface area (Å²) in [6.45, 7) is 6.08. The fraction of sp³-hybridized carbons (Fsp3) is 0.632. The molecule has 1 aromatic rings. The molecule has 1 aromatic carbocycles. The highest BCUT2D eigenvalue weighted by Crippen LogP contribution is 2.48. The molecule has 0 aliphatic carbocycles. The first-order valence-corrected chi connectivity index (χ1v) is 8.83. The minimum Gasteiger partial charge on any atom is -0.394 e. The smallest absolute Gasteiger partial charge is 0.219 e. The average Bonchev–Trinajstić information content (AvgIpc) is 2.88. The normalized spacial score (nSPS) is 26.4. The van der Waals surface area contributed by atoms with E-state index in [1.54, 1.807) is 17.9 Å². The van der Waals surface area contributed by atoms with E-state index in [1.807, 2.05) is 6.92 Å². The van der Waals surface area contributed by atoms with E-state index in [4.69, 9.17) is 0 Å². The molecule has 0 radical (unpaired) electrons. The summed E-state index contributed by atoms with van der Waals surface area (Å²) < 4.78 is 27.2. The van der Waals surface area contributed by atoms with Crippen LogP contribution in [0.25, 0.3) is 0 Å². The fourth-order valence-corrected chi connectivity index (χ4v) is 4.55. The van der Waals surface area contributed by atoms with Gasteiger partial charge in [-0.2, -0.15) is 0 Å². The fourth-order valence-electron chi connectivity index (χ4n) is 4.55. The van der Waals surface area contributed by atoms with Gasteiger partial charge in [0.15, 0.2) is 11.6 Å². The Morgan fingerprint density at radius 2 is 1.96 bits per heavy atom. The maximum Gasteiger partial charge on any atom is 0.219 e. The third-order valence-corrected chi connectivity index (χ3v) is 5.96. The molecule has 2 aliphatic heterocycles. The van der Waals surface area contributed by atoms with Crippen molar-refractivity contribution in [3.05, 3.63) is 35.4 Å². The molecule has 2 fully saturated rings. The molecule has 2 aliphatic rings. The highest BCUT2D eigenvalue weighted by molar-refractivity contribution is 5.74. The monoisotopic (exact) mass is 352 g/mol. The largest absolute Gasteiger partial charge is 0.394 e. The lowest BCUT2D eigenvalue weighted by Gasteiger charge is -2.39. The van der Waals surface area contributed by atoms with Gasteiger partial charge in [-0.15, -0.1) is 0 Å². The average molecular weight is 352 g/mol. The minimum atomic E-state index is -0.808. The van der Waals surface area contributed by atoms with Crippen molar-refractivity contribution >= 4 is 5.91 Å². The predicted octanol–water partition coefficient (Wildman–Crippen LogP) is 2.55. The van der Waals surface area contributed by atoms with Gasteiger partial charge in [-0.25, -0.2) is 8.78 Å². The van der Waals surface area contributed by atoms with Crippen molar-refractivity contribution in [2.24, 2.45) is 5.41 Å². The van der Waals surface area contributed by atoms with E-state index in [0.717, 1.165) is 38.4 Å². The first-order valence-electron chi connectivity index (χ1n) is 8.83. The summed E-state index contributed by atoms with van der Waals surface area (Å²) in [4.78, 5) is 15.9. The standard InChI is InChI=1S/C19H26F2N2O2/c1-14(25)23-12-19(11-18(23,2)13-24)6-8-22(9-7-19)10-15-4-3-5-16(20)17(15)21/h3-5,24H,6-13H2,1-2H3/t18-/m0/s1. The summed E-state index contributed by atoms with van der Waals surface area (Å²) >= 11 is 0. The van der Waals surface area contributed by atoms with Crippen LogP contribution in [-0.4, -0.2) is 52.6 Å². The molecule has 3 rings (SSSR count). The first kappa shape index (κ1) is 18.3. The third-order valence-electron chi connectivity index (χ3n) is 5.96. The lowest BCUT2D eigenvalue weighted by Crippen LogP contribution is -2.46. The van der Waals surface area contributed by atoms with Gasteiger partial charge in [-0.05, 0) is 50.8 Å². The van der Waals surface area contributed by atoms with E-state index >= 15 is 0 Å². The van der Waals surface area contributed by atoms with Gasteiger partial charge in [0.25, 0.3) is 0 Å². The van der Waals surface area contributed by atoms with Crippen molar-refractivity contribution in [3.63, 3.8) is 0 Å². The molecule has 1 spiro atoms. The second-order valence-electron chi connectivity index (χ2n) is 7.93. The number of carbonyl (C=O) groups excluding carboxylic acids is 1. The summed E-state index contributed by atoms with van der Waals surface area (Å²) in [5.41, 5.74) is -0.101. The Bertz CT molecular complexity index is 659. The Hall–Kier alpha value is -1.53. The number of benzene rings is 1. The van der Waals surface area contributed by atoms with E-state index in [1.165, 1.54) is 6.07 Å². The van der Waals surface area contributed by atoms with Crippen LogP contribution >= 0.6 is 0 Å². The van der Waals surface area contributed by atoms with Crippen molar-refractivity contribution in [2.75, 3.05) is 26.2 Å². The topological polar surface area (TPSA) is 43.8 Å². The summed E-state index contributed by atoms with van der Waals surface area (Å²) in [5.74, 6) is -1.57. The van der Waals surface area contributed by atoms with Crippen molar-refractivity contribution in [3.8, 4) is 0 Å². The number of carbonyl (C=O) groups is 1. The molecular formula is C19H26F2N2O2. The number of rotatable bonds is 3. The number of hydrogen-bond donors (Lipinski definition) is 1. The molecule has 25 heavy (non-hydrogen) atoms. The molecule has 0 aromatic heterocycles. The molecule has 6 heteroatoms. The highest BCUT2D eigenvalue weighted by atomic mass is 19.2. The number of halogens is 2. The number of amides is 1. The van der Waals surface area contributed by atoms with Gasteiger partial charge in [-0.1, -0.05) is 12.1 Å². The molecule has 0 saturated carbocycles. The van der Waals surface area contributed by atoms with Crippen molar-refractivity contribution in [1.29, 1.82) is 0 Å². The van der Waals surface area contributed by atoms with Gasteiger partial charge in [0.2, 0.25) is 5.91 Å². The van der Waals surface area contributed by atoms with Crippen LogP contribution < -0.4 is 0 Å². The van der Waals surface area contributed by atoms with Crippen molar-refractivity contribution in [1.82, 2.24) is 9.80 Å². The third kappa shape index (κ3) is 3.42. The van der Waals surface area contributed by atoms with Crippen molar-refractivity contribution < 1.29 is 18.7 Å². The van der Waals surface area contributed by atoms with Crippen LogP contribution in [0.15, 0.2) is 18.2 Å². The van der Waals surface area contributed by atoms with Crippen LogP contribution in [0, 0.1) is 17.0 Å². The number of nitrogens with zero attached hydrogens (tertiary/aromatic N) is 2. The van der Waals surface area contributed by atoms with Crippen LogP contribution in [0.2, 0.25) is 0 Å². The second kappa shape index (κ2) is 6.65. The molecule has 1 atom stereocenters. The Balaban J connectivity index is 1.66. The zero-order valence-electron chi connectivity index (χ0n) is 14.9. The van der Waals surface area contributed by atoms with Crippen molar-refractivity contribution in [2.45, 2.75) is 45.2 Å². The first-order chi connectivity index (χ1) is 11.8. The Morgan fingerprint density at radius 3 is 2.52 bits per heavy atom. The molecule has 1 amide bonds. The minimum absolute atomic E-state index is 0.00214. The molecule has 138 valence electrons. The lowest BCUT2D eigenvalue weighted by atomic mass is 9.74. The number of hydrogen-bond acceptors (Lipinski definition) is 3. The van der Waals surface area contributed by atoms with Gasteiger partial charge >= 0.3 is 0 Å². The number of piperidine rings is 1. The Morgan fingerprint density at radius 1 is 1.28 bits per heavy atom. The van der Waals surface area contributed by atoms with Crippen LogP contribution in [0.3, 0.4) is 0 Å². The van der Waals surface area contributed by atoms with Gasteiger partial charge in [0.05, 0.1) is 12.1 Å². The molecule has 4 nitrogen and oxygen atoms in total. The van der Waals surface area contributed by atoms with Crippen LogP contribution in [-0.2, 0) is 11.3 Å². The van der Waals surface area contributed by atoms with Crippen LogP contribution in [0.1, 0.15) is 38.7 Å². The quantitative estimate of drug-likeness (QED) is 0.909. The van der Waals surface area contributed by atoms with E-state index < -0.39 is 17.2 Å². The van der Waals surface area contributed by atoms with Crippen LogP contribution in [0.4, 0.5) is 8.78 Å². The highest BCUT2D eigenvalue weighted by Gasteiger charge is 2.52. The molecule has 0 unspecified atom stereocenters. The van der Waals surface area contributed by atoms with Gasteiger partial charge < -0.3 is 10.0 Å². The summed E-state index contributed by atoms with van der Waals surface area (Å²) in [6, 6.07) is 4.29. The van der Waals surface area contributed by atoms with Gasteiger partial charge in [-0.3, -0.25) is 9.69 Å². The Kier molecular flexibility index (Phi) is 4.86. The molecule has 2 saturated heterocycles. The maximum absolute atomic E-state index is 13.9. The van der Waals surface area contributed by atoms with E-state index in [9.17, 15) is 18.7 Å². The van der Waals surface area contributed by atoms with Gasteiger partial charge in [0, 0.05) is 25.6 Å². The van der Waals surface area contributed by atoms with E-state index in [-0.39, 0.29) is 17.9 Å². The summed E-state index contributed by atoms with van der Waals surface area (Å²) in [7, 11) is 0. The van der Waals surface area contributed by atoms with Gasteiger partial charge in [0.1, 0.15) is 0 Å². The Labute approximate surface area is 147 Å². The number of likely N-dealkylation sites (tertiary alicyclic amines) is 2. The maximum atomic E-state index is 13.9. The number of aliphatic hydroxyl groups is 1. The second-order valence-corrected chi connectivity index (χ2v) is 7.93. The van der Waals surface area contributed by atoms with E-state index in [2.05, 4.69) is 4.90 Å². The molecular weight excluding hydrogens is 326 g/mol. The SMILES string of the molecule is CC(=O)N1CC2(CCN(Cc3cccc(F)c3F)CC2)C[C@@]1(C)CO. The predicted molar refractivity (Wildman–Crippen MR) is 90.8 cm³/mol.